The Labute approximate surface area is 272 Å². The lowest BCUT2D eigenvalue weighted by Crippen LogP contribution is -2.46. The Morgan fingerprint density at radius 1 is 0.957 bits per heavy atom. The number of hydrogen-bond acceptors (Lipinski definition) is 5. The molecule has 0 fully saturated rings. The summed E-state index contributed by atoms with van der Waals surface area (Å²) >= 11 is 0. The highest BCUT2D eigenvalue weighted by Gasteiger charge is 2.39. The third-order valence-electron chi connectivity index (χ3n) is 7.96. The topological polar surface area (TPSA) is 101 Å². The molecule has 4 rings (SSSR count). The first-order valence-electron chi connectivity index (χ1n) is 15.5. The molecule has 1 aliphatic carbocycles. The number of carbonyl (C=O) groups is 2. The van der Waals surface area contributed by atoms with E-state index in [2.05, 4.69) is 47.6 Å². The van der Waals surface area contributed by atoms with Crippen molar-refractivity contribution in [2.75, 3.05) is 7.11 Å². The molecule has 2 heterocycles. The van der Waals surface area contributed by atoms with Crippen molar-refractivity contribution in [2.24, 2.45) is 10.8 Å². The molecule has 7 nitrogen and oxygen atoms in total. The first-order valence-corrected chi connectivity index (χ1v) is 15.5. The summed E-state index contributed by atoms with van der Waals surface area (Å²) in [6.45, 7) is 18.9. The van der Waals surface area contributed by atoms with Gasteiger partial charge < -0.3 is 14.6 Å². The summed E-state index contributed by atoms with van der Waals surface area (Å²) in [6.07, 6.45) is 5.64. The van der Waals surface area contributed by atoms with Crippen LogP contribution in [0.4, 0.5) is 0 Å². The molecular weight excluding hydrogens is 576 g/mol. The van der Waals surface area contributed by atoms with E-state index in [1.54, 1.807) is 6.08 Å². The van der Waals surface area contributed by atoms with Crippen LogP contribution in [0.1, 0.15) is 80.0 Å². The molecule has 1 N–H and O–H groups in total. The number of methoxy groups -OCH3 is 1. The molecule has 0 radical (unpaired) electrons. The summed E-state index contributed by atoms with van der Waals surface area (Å²) in [5.41, 5.74) is 3.79. The van der Waals surface area contributed by atoms with Crippen molar-refractivity contribution in [2.45, 2.75) is 80.7 Å². The molecule has 1 aliphatic heterocycles. The Hall–Kier alpha value is -4.70. The molecule has 1 aromatic carbocycles. The third-order valence-corrected chi connectivity index (χ3v) is 7.96. The van der Waals surface area contributed by atoms with Crippen LogP contribution in [0.15, 0.2) is 94.7 Å². The fourth-order valence-corrected chi connectivity index (χ4v) is 5.44. The largest absolute Gasteiger partial charge is 0.495 e. The minimum atomic E-state index is -0.898. The highest BCUT2D eigenvalue weighted by atomic mass is 16.5. The maximum Gasteiger partial charge on any atom is 0.309 e. The number of ketones is 1. The van der Waals surface area contributed by atoms with Gasteiger partial charge in [0.05, 0.1) is 23.8 Å². The van der Waals surface area contributed by atoms with Gasteiger partial charge in [-0.05, 0) is 35.9 Å². The molecule has 2 aliphatic rings. The Kier molecular flexibility index (Phi) is 9.36. The van der Waals surface area contributed by atoms with Gasteiger partial charge in [0.1, 0.15) is 29.8 Å². The molecule has 1 aromatic heterocycles. The van der Waals surface area contributed by atoms with Crippen LogP contribution in [0.2, 0.25) is 0 Å². The molecule has 0 amide bonds. The Balaban J connectivity index is 1.96. The number of hydrogen-bond donors (Lipinski definition) is 1. The lowest BCUT2D eigenvalue weighted by atomic mass is 9.80. The highest BCUT2D eigenvalue weighted by molar-refractivity contribution is 6.26. The summed E-state index contributed by atoms with van der Waals surface area (Å²) < 4.78 is 14.1. The highest BCUT2D eigenvalue weighted by Crippen LogP contribution is 2.42. The number of carboxylic acid groups (broad SMARTS) is 1. The lowest BCUT2D eigenvalue weighted by Gasteiger charge is -2.33. The smallest absolute Gasteiger partial charge is 0.309 e. The lowest BCUT2D eigenvalue weighted by molar-refractivity contribution is -0.695. The number of rotatable bonds is 7. The van der Waals surface area contributed by atoms with Gasteiger partial charge in [-0.25, -0.2) is 0 Å². The van der Waals surface area contributed by atoms with Crippen molar-refractivity contribution in [1.29, 1.82) is 5.26 Å². The number of aliphatic carboxylic acids is 1. The second-order valence-electron chi connectivity index (χ2n) is 14.8. The average Bonchev–Trinajstić information content (AvgIpc) is 2.97. The molecule has 0 saturated carbocycles. The monoisotopic (exact) mass is 621 g/mol. The maximum absolute atomic E-state index is 13.9. The number of carboxylic acids is 1. The molecule has 0 unspecified atom stereocenters. The molecule has 0 bridgehead atoms. The van der Waals surface area contributed by atoms with E-state index < -0.39 is 11.4 Å². The van der Waals surface area contributed by atoms with Crippen molar-refractivity contribution in [1.82, 2.24) is 0 Å². The van der Waals surface area contributed by atoms with Gasteiger partial charge in [-0.3, -0.25) is 9.59 Å². The second-order valence-corrected chi connectivity index (χ2v) is 14.8. The number of allylic oxidation sites excluding steroid dienone is 9. The van der Waals surface area contributed by atoms with E-state index in [1.165, 1.54) is 7.11 Å². The van der Waals surface area contributed by atoms with Crippen LogP contribution >= 0.6 is 0 Å². The van der Waals surface area contributed by atoms with Crippen molar-refractivity contribution < 1.29 is 28.7 Å². The van der Waals surface area contributed by atoms with E-state index in [0.29, 0.717) is 16.9 Å². The predicted octanol–water partition coefficient (Wildman–Crippen LogP) is 7.99. The fraction of sp³-hybridized carbons (Fsp3) is 0.385. The summed E-state index contributed by atoms with van der Waals surface area (Å²) in [4.78, 5) is 25.5. The van der Waals surface area contributed by atoms with E-state index in [-0.39, 0.29) is 40.7 Å². The van der Waals surface area contributed by atoms with Gasteiger partial charge in [0, 0.05) is 39.5 Å². The molecular formula is C39H45N2O5+. The van der Waals surface area contributed by atoms with Crippen molar-refractivity contribution >= 4 is 17.3 Å². The minimum Gasteiger partial charge on any atom is -0.495 e. The molecule has 2 aromatic rings. The van der Waals surface area contributed by atoms with Crippen LogP contribution in [0.3, 0.4) is 0 Å². The van der Waals surface area contributed by atoms with Gasteiger partial charge in [0.25, 0.3) is 0 Å². The number of nitrogens with zero attached hydrogens (tertiary/aromatic N) is 2. The summed E-state index contributed by atoms with van der Waals surface area (Å²) in [7, 11) is 1.51. The molecule has 0 atom stereocenters. The number of carbonyl (C=O) groups excluding carboxylic acids is 1. The first-order chi connectivity index (χ1) is 21.4. The number of pyridine rings is 1. The van der Waals surface area contributed by atoms with Crippen molar-refractivity contribution in [3.05, 3.63) is 106 Å². The summed E-state index contributed by atoms with van der Waals surface area (Å²) in [5, 5.41) is 20.0. The van der Waals surface area contributed by atoms with Crippen molar-refractivity contribution in [3.8, 4) is 17.3 Å². The van der Waals surface area contributed by atoms with E-state index in [4.69, 9.17) is 9.47 Å². The normalized spacial score (nSPS) is 16.5. The van der Waals surface area contributed by atoms with E-state index >= 15 is 0 Å². The summed E-state index contributed by atoms with van der Waals surface area (Å²) in [6, 6.07) is 15.7. The quantitative estimate of drug-likeness (QED) is 0.191. The Morgan fingerprint density at radius 3 is 2.02 bits per heavy atom. The van der Waals surface area contributed by atoms with Gasteiger partial charge in [0.2, 0.25) is 11.5 Å². The van der Waals surface area contributed by atoms with Crippen molar-refractivity contribution in [3.63, 3.8) is 0 Å². The number of aromatic nitrogens is 1. The second kappa shape index (κ2) is 12.6. The molecule has 240 valence electrons. The van der Waals surface area contributed by atoms with Gasteiger partial charge >= 0.3 is 5.97 Å². The third kappa shape index (κ3) is 7.07. The van der Waals surface area contributed by atoms with Gasteiger partial charge in [-0.2, -0.15) is 9.83 Å². The fourth-order valence-electron chi connectivity index (χ4n) is 5.44. The molecule has 0 saturated heterocycles. The van der Waals surface area contributed by atoms with E-state index in [1.807, 2.05) is 80.0 Å². The zero-order chi connectivity index (χ0) is 34.2. The first kappa shape index (κ1) is 34.2. The molecule has 46 heavy (non-hydrogen) atoms. The maximum atomic E-state index is 13.9. The Morgan fingerprint density at radius 2 is 1.54 bits per heavy atom. The number of nitriles is 1. The number of Topliss-reactive ketones (excluding diaryl/α,β-unsaturated/α-hetero) is 1. The van der Waals surface area contributed by atoms with Crippen LogP contribution in [-0.2, 0) is 31.0 Å². The van der Waals surface area contributed by atoms with Crippen LogP contribution in [-0.4, -0.2) is 24.0 Å². The zero-order valence-electron chi connectivity index (χ0n) is 28.7. The predicted molar refractivity (Wildman–Crippen MR) is 179 cm³/mol. The standard InChI is InChI=1S/C39H44N2O5/c1-37(2,3)30-22-26(21-29(25-14-12-11-13-15-25)41(30)17-16-33(42)43)28(23-40)34-35(44)27(36(34)45-10)18-24-19-31(38(4,5)6)46-32(20-24)39(7,8)9/h11-15,18-22H,16-17H2,1-10H3/p+1. The van der Waals surface area contributed by atoms with Crippen LogP contribution in [0, 0.1) is 22.2 Å². The number of ether oxygens (including phenoxy) is 2. The SMILES string of the molecule is COC1=C(C=C2C=C(C(C)(C)C)OC(C(C)(C)C)=C2)C(=O)C1=C(C#N)c1cc(-c2ccccc2)[n+](CCC(=O)O)c(C(C)(C)C)c1. The summed E-state index contributed by atoms with van der Waals surface area (Å²) in [5.74, 6) is 0.790. The molecule has 7 heteroatoms. The minimum absolute atomic E-state index is 0.0615. The van der Waals surface area contributed by atoms with Gasteiger partial charge in [-0.15, -0.1) is 0 Å². The zero-order valence-corrected chi connectivity index (χ0v) is 28.7. The van der Waals surface area contributed by atoms with Crippen LogP contribution in [0.25, 0.3) is 16.8 Å². The van der Waals surface area contributed by atoms with Gasteiger partial charge in [-0.1, -0.05) is 80.5 Å². The average molecular weight is 622 g/mol. The van der Waals surface area contributed by atoms with E-state index in [9.17, 15) is 20.0 Å². The van der Waals surface area contributed by atoms with Gasteiger partial charge in [0.15, 0.2) is 12.2 Å². The molecule has 0 spiro atoms. The number of benzene rings is 1. The van der Waals surface area contributed by atoms with Crippen LogP contribution < -0.4 is 4.57 Å². The Bertz CT molecular complexity index is 1740. The van der Waals surface area contributed by atoms with E-state index in [0.717, 1.165) is 34.0 Å². The van der Waals surface area contributed by atoms with Crippen LogP contribution in [0.5, 0.6) is 0 Å².